The Balaban J connectivity index is 1.69. The average molecular weight is 293 g/mol. The Bertz CT molecular complexity index is 827. The van der Waals surface area contributed by atoms with Crippen molar-refractivity contribution >= 4 is 11.5 Å². The molecule has 1 N–H and O–H groups in total. The molecule has 0 unspecified atom stereocenters. The van der Waals surface area contributed by atoms with Crippen molar-refractivity contribution in [1.82, 2.24) is 20.1 Å². The minimum absolute atomic E-state index is 0.418. The van der Waals surface area contributed by atoms with Crippen LogP contribution in [0.25, 0.3) is 11.5 Å². The zero-order valence-electron chi connectivity index (χ0n) is 12.2. The number of nitrogens with one attached hydrogen (secondary N) is 1. The minimum Gasteiger partial charge on any atom is -0.339 e. The first-order valence-electron chi connectivity index (χ1n) is 7.29. The molecule has 6 nitrogen and oxygen atoms in total. The van der Waals surface area contributed by atoms with Crippen LogP contribution in [0.3, 0.4) is 0 Å². The van der Waals surface area contributed by atoms with Crippen molar-refractivity contribution in [2.75, 3.05) is 5.32 Å². The highest BCUT2D eigenvalue weighted by molar-refractivity contribution is 5.73. The highest BCUT2D eigenvalue weighted by Gasteiger charge is 2.15. The summed E-state index contributed by atoms with van der Waals surface area (Å²) < 4.78 is 5.22. The monoisotopic (exact) mass is 293 g/mol. The van der Waals surface area contributed by atoms with Crippen molar-refractivity contribution < 1.29 is 4.52 Å². The number of nitrogens with zero attached hydrogens (tertiary/aromatic N) is 4. The molecule has 0 aliphatic heterocycles. The first-order valence-corrected chi connectivity index (χ1v) is 7.29. The van der Waals surface area contributed by atoms with E-state index in [2.05, 4.69) is 43.6 Å². The Labute approximate surface area is 127 Å². The van der Waals surface area contributed by atoms with Gasteiger partial charge in [-0.25, -0.2) is 9.97 Å². The topological polar surface area (TPSA) is 76.7 Å². The van der Waals surface area contributed by atoms with Crippen molar-refractivity contribution in [2.45, 2.75) is 26.2 Å². The quantitative estimate of drug-likeness (QED) is 0.799. The Morgan fingerprint density at radius 3 is 2.95 bits per heavy atom. The Morgan fingerprint density at radius 1 is 1.18 bits per heavy atom. The molecule has 2 heterocycles. The molecule has 0 spiro atoms. The average Bonchev–Trinajstić information content (AvgIpc) is 3.16. The fourth-order valence-corrected chi connectivity index (χ4v) is 2.78. The SMILES string of the molecule is Cc1noc(-c2cncnc2Nc2ccc3c(c2)CCC3)n1. The Kier molecular flexibility index (Phi) is 3.07. The van der Waals surface area contributed by atoms with E-state index < -0.39 is 0 Å². The van der Waals surface area contributed by atoms with E-state index in [1.54, 1.807) is 13.1 Å². The maximum atomic E-state index is 5.22. The van der Waals surface area contributed by atoms with E-state index in [0.29, 0.717) is 23.1 Å². The molecule has 0 fully saturated rings. The number of fused-ring (bicyclic) bond motifs is 1. The van der Waals surface area contributed by atoms with Gasteiger partial charge in [-0.15, -0.1) is 0 Å². The normalized spacial score (nSPS) is 13.1. The number of hydrogen-bond acceptors (Lipinski definition) is 6. The number of aryl methyl sites for hydroxylation is 3. The molecule has 0 atom stereocenters. The van der Waals surface area contributed by atoms with Crippen LogP contribution in [0.1, 0.15) is 23.4 Å². The van der Waals surface area contributed by atoms with Crippen LogP contribution in [0.2, 0.25) is 0 Å². The lowest BCUT2D eigenvalue weighted by molar-refractivity contribution is 0.425. The molecule has 1 aliphatic rings. The predicted octanol–water partition coefficient (Wildman–Crippen LogP) is 3.07. The van der Waals surface area contributed by atoms with Crippen molar-refractivity contribution in [2.24, 2.45) is 0 Å². The smallest absolute Gasteiger partial charge is 0.263 e. The third-order valence-corrected chi connectivity index (χ3v) is 3.83. The van der Waals surface area contributed by atoms with Crippen molar-refractivity contribution in [3.05, 3.63) is 47.7 Å². The Hall–Kier alpha value is -2.76. The van der Waals surface area contributed by atoms with Gasteiger partial charge < -0.3 is 9.84 Å². The molecular weight excluding hydrogens is 278 g/mol. The molecule has 110 valence electrons. The van der Waals surface area contributed by atoms with Gasteiger partial charge in [0.15, 0.2) is 5.82 Å². The number of aromatic nitrogens is 4. The first-order chi connectivity index (χ1) is 10.8. The molecule has 3 aromatic rings. The fourth-order valence-electron chi connectivity index (χ4n) is 2.78. The lowest BCUT2D eigenvalue weighted by atomic mass is 10.1. The summed E-state index contributed by atoms with van der Waals surface area (Å²) >= 11 is 0. The van der Waals surface area contributed by atoms with Gasteiger partial charge in [-0.05, 0) is 49.4 Å². The number of hydrogen-bond donors (Lipinski definition) is 1. The lowest BCUT2D eigenvalue weighted by Gasteiger charge is -2.09. The van der Waals surface area contributed by atoms with Crippen molar-refractivity contribution in [3.8, 4) is 11.5 Å². The van der Waals surface area contributed by atoms with E-state index in [1.165, 1.54) is 30.3 Å². The summed E-state index contributed by atoms with van der Waals surface area (Å²) in [6.07, 6.45) is 6.73. The van der Waals surface area contributed by atoms with Gasteiger partial charge in [0.1, 0.15) is 17.7 Å². The number of anilines is 2. The maximum Gasteiger partial charge on any atom is 0.263 e. The van der Waals surface area contributed by atoms with Gasteiger partial charge in [-0.2, -0.15) is 4.98 Å². The van der Waals surface area contributed by atoms with Gasteiger partial charge in [-0.1, -0.05) is 11.2 Å². The van der Waals surface area contributed by atoms with Gasteiger partial charge in [0, 0.05) is 11.9 Å². The highest BCUT2D eigenvalue weighted by atomic mass is 16.5. The van der Waals surface area contributed by atoms with Crippen LogP contribution in [-0.4, -0.2) is 20.1 Å². The fraction of sp³-hybridized carbons (Fsp3) is 0.250. The van der Waals surface area contributed by atoms with Gasteiger partial charge in [-0.3, -0.25) is 0 Å². The molecule has 1 aromatic carbocycles. The number of benzene rings is 1. The van der Waals surface area contributed by atoms with Gasteiger partial charge in [0.25, 0.3) is 5.89 Å². The van der Waals surface area contributed by atoms with E-state index in [9.17, 15) is 0 Å². The summed E-state index contributed by atoms with van der Waals surface area (Å²) in [6, 6.07) is 6.45. The number of rotatable bonds is 3. The van der Waals surface area contributed by atoms with Crippen molar-refractivity contribution in [3.63, 3.8) is 0 Å². The summed E-state index contributed by atoms with van der Waals surface area (Å²) in [5, 5.41) is 7.15. The molecule has 0 radical (unpaired) electrons. The van der Waals surface area contributed by atoms with Crippen LogP contribution in [0, 0.1) is 6.92 Å². The second-order valence-corrected chi connectivity index (χ2v) is 5.39. The summed E-state index contributed by atoms with van der Waals surface area (Å²) in [7, 11) is 0. The van der Waals surface area contributed by atoms with Crippen LogP contribution >= 0.6 is 0 Å². The van der Waals surface area contributed by atoms with E-state index in [1.807, 2.05) is 0 Å². The second-order valence-electron chi connectivity index (χ2n) is 5.39. The van der Waals surface area contributed by atoms with Gasteiger partial charge in [0.05, 0.1) is 0 Å². The lowest BCUT2D eigenvalue weighted by Crippen LogP contribution is -1.98. The van der Waals surface area contributed by atoms with E-state index in [-0.39, 0.29) is 0 Å². The molecule has 0 bridgehead atoms. The highest BCUT2D eigenvalue weighted by Crippen LogP contribution is 2.29. The third kappa shape index (κ3) is 2.32. The molecule has 1 aliphatic carbocycles. The van der Waals surface area contributed by atoms with Crippen LogP contribution in [-0.2, 0) is 12.8 Å². The zero-order valence-corrected chi connectivity index (χ0v) is 12.2. The summed E-state index contributed by atoms with van der Waals surface area (Å²) in [6.45, 7) is 1.78. The Morgan fingerprint density at radius 2 is 2.09 bits per heavy atom. The predicted molar refractivity (Wildman–Crippen MR) is 81.8 cm³/mol. The largest absolute Gasteiger partial charge is 0.339 e. The molecule has 6 heteroatoms. The van der Waals surface area contributed by atoms with E-state index in [4.69, 9.17) is 4.52 Å². The second kappa shape index (κ2) is 5.22. The molecule has 2 aromatic heterocycles. The summed E-state index contributed by atoms with van der Waals surface area (Å²) in [4.78, 5) is 12.6. The van der Waals surface area contributed by atoms with Crippen molar-refractivity contribution in [1.29, 1.82) is 0 Å². The maximum absolute atomic E-state index is 5.22. The van der Waals surface area contributed by atoms with Gasteiger partial charge in [0.2, 0.25) is 0 Å². The molecule has 22 heavy (non-hydrogen) atoms. The minimum atomic E-state index is 0.418. The van der Waals surface area contributed by atoms with Crippen LogP contribution in [0.15, 0.2) is 35.2 Å². The summed E-state index contributed by atoms with van der Waals surface area (Å²) in [5.74, 6) is 1.67. The molecule has 4 rings (SSSR count). The summed E-state index contributed by atoms with van der Waals surface area (Å²) in [5.41, 5.74) is 4.57. The molecular formula is C16H15N5O. The van der Waals surface area contributed by atoms with E-state index in [0.717, 1.165) is 12.1 Å². The van der Waals surface area contributed by atoms with Gasteiger partial charge >= 0.3 is 0 Å². The van der Waals surface area contributed by atoms with Crippen LogP contribution < -0.4 is 5.32 Å². The van der Waals surface area contributed by atoms with Crippen LogP contribution in [0.5, 0.6) is 0 Å². The van der Waals surface area contributed by atoms with Crippen LogP contribution in [0.4, 0.5) is 11.5 Å². The first kappa shape index (κ1) is 12.9. The van der Waals surface area contributed by atoms with E-state index >= 15 is 0 Å². The zero-order chi connectivity index (χ0) is 14.9. The standard InChI is InChI=1S/C16H15N5O/c1-10-19-16(22-21-10)14-8-17-9-18-15(14)20-13-6-5-11-3-2-4-12(11)7-13/h5-9H,2-4H2,1H3,(H,17,18,20). The molecule has 0 saturated carbocycles. The molecule has 0 amide bonds. The third-order valence-electron chi connectivity index (χ3n) is 3.83. The molecule has 0 saturated heterocycles.